The fourth-order valence-electron chi connectivity index (χ4n) is 3.60. The Kier molecular flexibility index (Phi) is 4.61. The first-order chi connectivity index (χ1) is 9.12. The lowest BCUT2D eigenvalue weighted by atomic mass is 9.72. The average Bonchev–Trinajstić information content (AvgIpc) is 2.42. The maximum atomic E-state index is 5.95. The minimum atomic E-state index is 0.138. The molecule has 1 saturated carbocycles. The van der Waals surface area contributed by atoms with E-state index in [4.69, 9.17) is 5.84 Å². The topological polar surface area (TPSA) is 41.3 Å². The van der Waals surface area contributed by atoms with Gasteiger partial charge in [-0.25, -0.2) is 0 Å². The zero-order valence-corrected chi connectivity index (χ0v) is 12.4. The quantitative estimate of drug-likeness (QED) is 0.647. The maximum Gasteiger partial charge on any atom is 0.0646 e. The SMILES string of the molecule is Cc1ccccc1C(NN)C1(N(C)C)CCCCC1. The Balaban J connectivity index is 2.40. The molecule has 0 bridgehead atoms. The molecule has 0 amide bonds. The van der Waals surface area contributed by atoms with Crippen LogP contribution in [0, 0.1) is 6.92 Å². The summed E-state index contributed by atoms with van der Waals surface area (Å²) >= 11 is 0. The Morgan fingerprint density at radius 1 is 1.16 bits per heavy atom. The molecule has 3 nitrogen and oxygen atoms in total. The molecule has 1 atom stereocenters. The van der Waals surface area contributed by atoms with Crippen LogP contribution in [-0.4, -0.2) is 24.5 Å². The Hall–Kier alpha value is -0.900. The van der Waals surface area contributed by atoms with Gasteiger partial charge in [0.1, 0.15) is 0 Å². The lowest BCUT2D eigenvalue weighted by Gasteiger charge is -2.48. The summed E-state index contributed by atoms with van der Waals surface area (Å²) in [5.41, 5.74) is 5.90. The fraction of sp³-hybridized carbons (Fsp3) is 0.625. The Morgan fingerprint density at radius 2 is 1.79 bits per heavy atom. The van der Waals surface area contributed by atoms with Gasteiger partial charge in [0.2, 0.25) is 0 Å². The molecule has 106 valence electrons. The highest BCUT2D eigenvalue weighted by atomic mass is 15.3. The number of benzene rings is 1. The highest BCUT2D eigenvalue weighted by Crippen LogP contribution is 2.42. The van der Waals surface area contributed by atoms with E-state index in [2.05, 4.69) is 55.6 Å². The maximum absolute atomic E-state index is 5.95. The molecule has 1 aliphatic carbocycles. The molecule has 0 aliphatic heterocycles. The van der Waals surface area contributed by atoms with E-state index in [1.807, 2.05) is 0 Å². The van der Waals surface area contributed by atoms with Crippen LogP contribution in [0.5, 0.6) is 0 Å². The second-order valence-electron chi connectivity index (χ2n) is 6.01. The van der Waals surface area contributed by atoms with E-state index >= 15 is 0 Å². The predicted molar refractivity (Wildman–Crippen MR) is 80.7 cm³/mol. The summed E-state index contributed by atoms with van der Waals surface area (Å²) in [6.07, 6.45) is 6.36. The number of nitrogens with one attached hydrogen (secondary N) is 1. The summed E-state index contributed by atoms with van der Waals surface area (Å²) in [5.74, 6) is 5.95. The third-order valence-corrected chi connectivity index (χ3v) is 4.81. The molecule has 1 aliphatic rings. The summed E-state index contributed by atoms with van der Waals surface area (Å²) in [6.45, 7) is 2.17. The van der Waals surface area contributed by atoms with E-state index in [0.717, 1.165) is 0 Å². The molecule has 1 aromatic carbocycles. The van der Waals surface area contributed by atoms with Crippen molar-refractivity contribution >= 4 is 0 Å². The number of nitrogens with two attached hydrogens (primary N) is 1. The number of likely N-dealkylation sites (N-methyl/N-ethyl adjacent to an activating group) is 1. The summed E-state index contributed by atoms with van der Waals surface area (Å²) in [4.78, 5) is 2.38. The lowest BCUT2D eigenvalue weighted by molar-refractivity contribution is 0.0562. The van der Waals surface area contributed by atoms with E-state index < -0.39 is 0 Å². The van der Waals surface area contributed by atoms with Crippen molar-refractivity contribution in [2.45, 2.75) is 50.6 Å². The third kappa shape index (κ3) is 2.69. The molecule has 1 aromatic rings. The zero-order valence-electron chi connectivity index (χ0n) is 12.4. The summed E-state index contributed by atoms with van der Waals surface area (Å²) in [5, 5.41) is 0. The van der Waals surface area contributed by atoms with Gasteiger partial charge >= 0.3 is 0 Å². The number of hydrazine groups is 1. The lowest BCUT2D eigenvalue weighted by Crippen LogP contribution is -2.56. The van der Waals surface area contributed by atoms with Crippen LogP contribution >= 0.6 is 0 Å². The van der Waals surface area contributed by atoms with E-state index in [0.29, 0.717) is 0 Å². The van der Waals surface area contributed by atoms with Gasteiger partial charge in [0.25, 0.3) is 0 Å². The van der Waals surface area contributed by atoms with E-state index in [1.165, 1.54) is 43.2 Å². The van der Waals surface area contributed by atoms with Gasteiger partial charge in [-0.05, 0) is 45.0 Å². The minimum Gasteiger partial charge on any atom is -0.302 e. The predicted octanol–water partition coefficient (Wildman–Crippen LogP) is 2.76. The molecule has 19 heavy (non-hydrogen) atoms. The zero-order chi connectivity index (χ0) is 13.9. The van der Waals surface area contributed by atoms with E-state index in [9.17, 15) is 0 Å². The van der Waals surface area contributed by atoms with Crippen molar-refractivity contribution in [1.29, 1.82) is 0 Å². The van der Waals surface area contributed by atoms with E-state index in [-0.39, 0.29) is 11.6 Å². The molecule has 1 fully saturated rings. The first kappa shape index (κ1) is 14.5. The van der Waals surface area contributed by atoms with Gasteiger partial charge in [0, 0.05) is 5.54 Å². The van der Waals surface area contributed by atoms with Gasteiger partial charge in [-0.15, -0.1) is 0 Å². The number of rotatable bonds is 4. The van der Waals surface area contributed by atoms with Crippen LogP contribution in [0.25, 0.3) is 0 Å². The normalized spacial score (nSPS) is 20.5. The van der Waals surface area contributed by atoms with Crippen LogP contribution in [0.15, 0.2) is 24.3 Å². The second-order valence-corrected chi connectivity index (χ2v) is 6.01. The van der Waals surface area contributed by atoms with Crippen molar-refractivity contribution in [3.63, 3.8) is 0 Å². The molecule has 0 saturated heterocycles. The van der Waals surface area contributed by atoms with Crippen LogP contribution in [-0.2, 0) is 0 Å². The smallest absolute Gasteiger partial charge is 0.0646 e. The molecule has 3 heteroatoms. The van der Waals surface area contributed by atoms with Crippen LogP contribution in [0.2, 0.25) is 0 Å². The summed E-state index contributed by atoms with van der Waals surface area (Å²) in [7, 11) is 4.38. The van der Waals surface area contributed by atoms with Gasteiger partial charge in [0.05, 0.1) is 6.04 Å². The van der Waals surface area contributed by atoms with Gasteiger partial charge in [0.15, 0.2) is 0 Å². The van der Waals surface area contributed by atoms with Gasteiger partial charge in [-0.1, -0.05) is 43.5 Å². The summed E-state index contributed by atoms with van der Waals surface area (Å²) < 4.78 is 0. The summed E-state index contributed by atoms with van der Waals surface area (Å²) in [6, 6.07) is 8.78. The largest absolute Gasteiger partial charge is 0.302 e. The minimum absolute atomic E-state index is 0.138. The van der Waals surface area contributed by atoms with Crippen molar-refractivity contribution in [2.75, 3.05) is 14.1 Å². The Bertz CT molecular complexity index is 408. The molecule has 0 spiro atoms. The molecule has 0 heterocycles. The van der Waals surface area contributed by atoms with Crippen LogP contribution in [0.4, 0.5) is 0 Å². The van der Waals surface area contributed by atoms with Gasteiger partial charge < -0.3 is 4.90 Å². The van der Waals surface area contributed by atoms with Gasteiger partial charge in [-0.2, -0.15) is 0 Å². The fourth-order valence-corrected chi connectivity index (χ4v) is 3.60. The van der Waals surface area contributed by atoms with Crippen molar-refractivity contribution in [3.05, 3.63) is 35.4 Å². The third-order valence-electron chi connectivity index (χ3n) is 4.81. The number of nitrogens with zero attached hydrogens (tertiary/aromatic N) is 1. The van der Waals surface area contributed by atoms with E-state index in [1.54, 1.807) is 0 Å². The van der Waals surface area contributed by atoms with Crippen molar-refractivity contribution in [3.8, 4) is 0 Å². The Labute approximate surface area is 117 Å². The van der Waals surface area contributed by atoms with Crippen molar-refractivity contribution in [2.24, 2.45) is 5.84 Å². The van der Waals surface area contributed by atoms with Crippen molar-refractivity contribution < 1.29 is 0 Å². The van der Waals surface area contributed by atoms with Gasteiger partial charge in [-0.3, -0.25) is 11.3 Å². The van der Waals surface area contributed by atoms with Crippen LogP contribution in [0.1, 0.15) is 49.3 Å². The monoisotopic (exact) mass is 261 g/mol. The molecule has 1 unspecified atom stereocenters. The first-order valence-corrected chi connectivity index (χ1v) is 7.31. The molecule has 0 radical (unpaired) electrons. The van der Waals surface area contributed by atoms with Crippen molar-refractivity contribution in [1.82, 2.24) is 10.3 Å². The highest BCUT2D eigenvalue weighted by molar-refractivity contribution is 5.31. The highest BCUT2D eigenvalue weighted by Gasteiger charge is 2.42. The molecular weight excluding hydrogens is 234 g/mol. The van der Waals surface area contributed by atoms with Crippen LogP contribution in [0.3, 0.4) is 0 Å². The molecule has 2 rings (SSSR count). The standard InChI is InChI=1S/C16H27N3/c1-13-9-5-6-10-14(13)15(18-17)16(19(2)3)11-7-4-8-12-16/h5-6,9-10,15,18H,4,7-8,11-12,17H2,1-3H3. The number of hydrogen-bond donors (Lipinski definition) is 2. The number of aryl methyl sites for hydroxylation is 1. The average molecular weight is 261 g/mol. The number of hydrogen-bond acceptors (Lipinski definition) is 3. The molecular formula is C16H27N3. The second kappa shape index (κ2) is 6.04. The molecule has 0 aromatic heterocycles. The Morgan fingerprint density at radius 3 is 2.32 bits per heavy atom. The first-order valence-electron chi connectivity index (χ1n) is 7.31. The van der Waals surface area contributed by atoms with Crippen LogP contribution < -0.4 is 11.3 Å². The molecule has 3 N–H and O–H groups in total.